The van der Waals surface area contributed by atoms with Gasteiger partial charge in [-0.05, 0) is 103 Å². The molecule has 0 amide bonds. The largest absolute Gasteiger partial charge is 0.399 e. The summed E-state index contributed by atoms with van der Waals surface area (Å²) >= 11 is 0. The molecule has 3 nitrogen and oxygen atoms in total. The van der Waals surface area contributed by atoms with Crippen molar-refractivity contribution in [1.82, 2.24) is 0 Å². The summed E-state index contributed by atoms with van der Waals surface area (Å²) in [6, 6.07) is 45.7. The molecule has 46 heavy (non-hydrogen) atoms. The van der Waals surface area contributed by atoms with Gasteiger partial charge in [0.25, 0.3) is 0 Å². The Morgan fingerprint density at radius 3 is 1.54 bits per heavy atom. The van der Waals surface area contributed by atoms with E-state index < -0.39 is 0 Å². The molecule has 230 valence electrons. The second-order valence-electron chi connectivity index (χ2n) is 11.7. The van der Waals surface area contributed by atoms with Crippen LogP contribution in [-0.4, -0.2) is 11.4 Å². The van der Waals surface area contributed by atoms with Crippen molar-refractivity contribution in [1.29, 1.82) is 10.8 Å². The average Bonchev–Trinajstić information content (AvgIpc) is 3.05. The molecule has 0 atom stereocenters. The van der Waals surface area contributed by atoms with Gasteiger partial charge in [0.15, 0.2) is 0 Å². The summed E-state index contributed by atoms with van der Waals surface area (Å²) in [5.41, 5.74) is 19.0. The van der Waals surface area contributed by atoms with E-state index >= 15 is 0 Å². The molecular formula is C43H43N3. The second-order valence-corrected chi connectivity index (χ2v) is 11.7. The van der Waals surface area contributed by atoms with Gasteiger partial charge in [-0.2, -0.15) is 0 Å². The zero-order valence-corrected chi connectivity index (χ0v) is 27.5. The third kappa shape index (κ3) is 9.23. The molecule has 0 spiro atoms. The molecular weight excluding hydrogens is 558 g/mol. The lowest BCUT2D eigenvalue weighted by molar-refractivity contribution is 1.44. The minimum Gasteiger partial charge on any atom is -0.399 e. The van der Waals surface area contributed by atoms with Gasteiger partial charge in [-0.25, -0.2) is 0 Å². The monoisotopic (exact) mass is 601 g/mol. The molecule has 0 aliphatic rings. The fourth-order valence-corrected chi connectivity index (χ4v) is 5.00. The lowest BCUT2D eigenvalue weighted by atomic mass is 10.0. The van der Waals surface area contributed by atoms with Crippen molar-refractivity contribution in [3.63, 3.8) is 0 Å². The van der Waals surface area contributed by atoms with E-state index in [9.17, 15) is 0 Å². The van der Waals surface area contributed by atoms with Crippen molar-refractivity contribution in [3.05, 3.63) is 173 Å². The molecule has 0 bridgehead atoms. The quantitative estimate of drug-likeness (QED) is 0.169. The Labute approximate surface area is 274 Å². The minimum absolute atomic E-state index is 0.606. The fraction of sp³-hybridized carbons (Fsp3) is 0.116. The molecule has 0 saturated carbocycles. The van der Waals surface area contributed by atoms with E-state index in [0.29, 0.717) is 17.1 Å². The summed E-state index contributed by atoms with van der Waals surface area (Å²) in [4.78, 5) is 0. The SMILES string of the molecule is C=C(N)c1cccc(-c2ccc(C)cc2)c1.CC(=N)c1ccc2ccc(C)cc2c1.CC(=N)c1cccc(-c2cccc(C)c2)c1. The third-order valence-corrected chi connectivity index (χ3v) is 7.69. The number of hydrogen-bond acceptors (Lipinski definition) is 3. The van der Waals surface area contributed by atoms with Gasteiger partial charge in [0, 0.05) is 17.1 Å². The molecule has 0 heterocycles. The van der Waals surface area contributed by atoms with E-state index in [-0.39, 0.29) is 0 Å². The predicted molar refractivity (Wildman–Crippen MR) is 200 cm³/mol. The minimum atomic E-state index is 0.606. The van der Waals surface area contributed by atoms with Gasteiger partial charge in [-0.3, -0.25) is 0 Å². The summed E-state index contributed by atoms with van der Waals surface area (Å²) < 4.78 is 0. The number of nitrogens with one attached hydrogen (secondary N) is 2. The van der Waals surface area contributed by atoms with Gasteiger partial charge in [0.2, 0.25) is 0 Å². The van der Waals surface area contributed by atoms with E-state index in [2.05, 4.69) is 130 Å². The maximum atomic E-state index is 7.64. The van der Waals surface area contributed by atoms with Crippen LogP contribution in [-0.2, 0) is 0 Å². The molecule has 0 aliphatic carbocycles. The standard InChI is InChI=1S/2C15H15N.C13H13N/c1-11-5-3-7-14(9-11)15-8-4-6-13(10-15)12(2)16;1-11-6-8-13(9-7-11)15-5-3-4-14(10-15)12(2)16;1-9-3-4-11-5-6-12(10(2)14)8-13(11)7-9/h3-10,16H,1-2H3;3-10H,2,16H2,1H3;3-8,14H,1-2H3. The molecule has 0 aromatic heterocycles. The number of fused-ring (bicyclic) bond motifs is 1. The van der Waals surface area contributed by atoms with E-state index in [1.54, 1.807) is 0 Å². The third-order valence-electron chi connectivity index (χ3n) is 7.69. The molecule has 6 aromatic carbocycles. The van der Waals surface area contributed by atoms with Crippen LogP contribution in [0.4, 0.5) is 0 Å². The summed E-state index contributed by atoms with van der Waals surface area (Å²) in [5, 5.41) is 17.7. The second kappa shape index (κ2) is 15.5. The molecule has 0 fully saturated rings. The highest BCUT2D eigenvalue weighted by Gasteiger charge is 2.02. The average molecular weight is 602 g/mol. The molecule has 3 heteroatoms. The predicted octanol–water partition coefficient (Wildman–Crippen LogP) is 11.2. The Bertz CT molecular complexity index is 2000. The van der Waals surface area contributed by atoms with Crippen molar-refractivity contribution in [2.24, 2.45) is 5.73 Å². The van der Waals surface area contributed by atoms with E-state index in [4.69, 9.17) is 16.6 Å². The summed E-state index contributed by atoms with van der Waals surface area (Å²) in [6.45, 7) is 13.6. The maximum Gasteiger partial charge on any atom is 0.0355 e. The first-order chi connectivity index (χ1) is 22.0. The van der Waals surface area contributed by atoms with Gasteiger partial charge in [-0.1, -0.05) is 139 Å². The van der Waals surface area contributed by atoms with Crippen LogP contribution in [0.1, 0.15) is 47.2 Å². The first-order valence-corrected chi connectivity index (χ1v) is 15.4. The smallest absolute Gasteiger partial charge is 0.0355 e. The van der Waals surface area contributed by atoms with Gasteiger partial charge < -0.3 is 16.6 Å². The van der Waals surface area contributed by atoms with Gasteiger partial charge in [0.05, 0.1) is 0 Å². The van der Waals surface area contributed by atoms with Crippen molar-refractivity contribution in [3.8, 4) is 22.3 Å². The van der Waals surface area contributed by atoms with Crippen LogP contribution in [0.2, 0.25) is 0 Å². The van der Waals surface area contributed by atoms with Crippen molar-refractivity contribution in [2.75, 3.05) is 0 Å². The Hall–Kier alpha value is -5.54. The zero-order valence-electron chi connectivity index (χ0n) is 27.5. The van der Waals surface area contributed by atoms with Crippen LogP contribution >= 0.6 is 0 Å². The lowest BCUT2D eigenvalue weighted by Gasteiger charge is -2.05. The van der Waals surface area contributed by atoms with Gasteiger partial charge in [0.1, 0.15) is 0 Å². The van der Waals surface area contributed by atoms with Crippen molar-refractivity contribution < 1.29 is 0 Å². The highest BCUT2D eigenvalue weighted by Crippen LogP contribution is 2.23. The van der Waals surface area contributed by atoms with E-state index in [1.807, 2.05) is 44.2 Å². The van der Waals surface area contributed by atoms with Crippen LogP contribution in [0.25, 0.3) is 38.7 Å². The van der Waals surface area contributed by atoms with Crippen LogP contribution < -0.4 is 5.73 Å². The molecule has 4 N–H and O–H groups in total. The first-order valence-electron chi connectivity index (χ1n) is 15.4. The summed E-state index contributed by atoms with van der Waals surface area (Å²) in [6.07, 6.45) is 0. The Kier molecular flexibility index (Phi) is 11.2. The van der Waals surface area contributed by atoms with E-state index in [1.165, 1.54) is 49.7 Å². The van der Waals surface area contributed by atoms with Gasteiger partial charge in [-0.15, -0.1) is 0 Å². The van der Waals surface area contributed by atoms with Crippen LogP contribution in [0.5, 0.6) is 0 Å². The molecule has 0 saturated heterocycles. The maximum absolute atomic E-state index is 7.64. The summed E-state index contributed by atoms with van der Waals surface area (Å²) in [7, 11) is 0. The van der Waals surface area contributed by atoms with Crippen molar-refractivity contribution >= 4 is 27.9 Å². The number of aryl methyl sites for hydroxylation is 3. The molecule has 0 radical (unpaired) electrons. The van der Waals surface area contributed by atoms with E-state index in [0.717, 1.165) is 16.7 Å². The fourth-order valence-electron chi connectivity index (χ4n) is 5.00. The Morgan fingerprint density at radius 2 is 0.935 bits per heavy atom. The highest BCUT2D eigenvalue weighted by molar-refractivity contribution is 6.00. The number of nitrogens with two attached hydrogens (primary N) is 1. The normalized spacial score (nSPS) is 10.2. The zero-order chi connectivity index (χ0) is 33.2. The lowest BCUT2D eigenvalue weighted by Crippen LogP contribution is -1.93. The van der Waals surface area contributed by atoms with Crippen LogP contribution in [0, 0.1) is 31.6 Å². The first kappa shape index (κ1) is 33.4. The summed E-state index contributed by atoms with van der Waals surface area (Å²) in [5.74, 6) is 0. The molecule has 0 unspecified atom stereocenters. The number of hydrogen-bond donors (Lipinski definition) is 3. The topological polar surface area (TPSA) is 73.7 Å². The van der Waals surface area contributed by atoms with Crippen molar-refractivity contribution in [2.45, 2.75) is 34.6 Å². The van der Waals surface area contributed by atoms with Crippen LogP contribution in [0.15, 0.2) is 140 Å². The Balaban J connectivity index is 0.000000157. The molecule has 6 rings (SSSR count). The Morgan fingerprint density at radius 1 is 0.457 bits per heavy atom. The number of rotatable bonds is 5. The molecule has 0 aliphatic heterocycles. The number of benzene rings is 6. The highest BCUT2D eigenvalue weighted by atomic mass is 14.6. The molecule has 6 aromatic rings. The van der Waals surface area contributed by atoms with Crippen LogP contribution in [0.3, 0.4) is 0 Å². The van der Waals surface area contributed by atoms with Gasteiger partial charge >= 0.3 is 0 Å².